The summed E-state index contributed by atoms with van der Waals surface area (Å²) in [6, 6.07) is 4.55. The highest BCUT2D eigenvalue weighted by molar-refractivity contribution is 8.00. The second kappa shape index (κ2) is 8.79. The van der Waals surface area contributed by atoms with Crippen molar-refractivity contribution in [3.8, 4) is 0 Å². The summed E-state index contributed by atoms with van der Waals surface area (Å²) in [6.07, 6.45) is 0. The van der Waals surface area contributed by atoms with E-state index in [0.29, 0.717) is 37.6 Å². The molecule has 0 saturated carbocycles. The van der Waals surface area contributed by atoms with Crippen molar-refractivity contribution >= 4 is 45.1 Å². The SMILES string of the molecule is CCn1c(=NC(=O)CSCC(=O)N2CCOCC2)sc2cc(F)ccc21. The first-order valence-corrected chi connectivity index (χ1v) is 10.4. The van der Waals surface area contributed by atoms with E-state index in [-0.39, 0.29) is 29.1 Å². The highest BCUT2D eigenvalue weighted by Gasteiger charge is 2.17. The number of thiazole rings is 1. The predicted molar refractivity (Wildman–Crippen MR) is 101 cm³/mol. The number of ether oxygens (including phenoxy) is 1. The van der Waals surface area contributed by atoms with Crippen LogP contribution in [0.3, 0.4) is 0 Å². The van der Waals surface area contributed by atoms with Crippen LogP contribution in [-0.2, 0) is 20.9 Å². The minimum absolute atomic E-state index is 0.0204. The Morgan fingerprint density at radius 3 is 2.81 bits per heavy atom. The summed E-state index contributed by atoms with van der Waals surface area (Å²) in [5, 5.41) is 0. The summed E-state index contributed by atoms with van der Waals surface area (Å²) in [6.45, 7) is 4.93. The van der Waals surface area contributed by atoms with Gasteiger partial charge in [0.2, 0.25) is 5.91 Å². The molecule has 0 bridgehead atoms. The van der Waals surface area contributed by atoms with E-state index in [1.165, 1.54) is 35.2 Å². The molecule has 0 atom stereocenters. The van der Waals surface area contributed by atoms with Crippen molar-refractivity contribution in [3.63, 3.8) is 0 Å². The van der Waals surface area contributed by atoms with Gasteiger partial charge in [-0.15, -0.1) is 11.8 Å². The van der Waals surface area contributed by atoms with E-state index in [9.17, 15) is 14.0 Å². The zero-order valence-corrected chi connectivity index (χ0v) is 16.1. The summed E-state index contributed by atoms with van der Waals surface area (Å²) >= 11 is 2.56. The Morgan fingerprint density at radius 2 is 2.08 bits per heavy atom. The number of morpholine rings is 1. The Bertz CT molecular complexity index is 872. The fourth-order valence-corrected chi connectivity index (χ4v) is 4.54. The van der Waals surface area contributed by atoms with E-state index in [1.54, 1.807) is 11.0 Å². The number of rotatable bonds is 5. The third kappa shape index (κ3) is 4.52. The molecule has 1 aliphatic rings. The van der Waals surface area contributed by atoms with Crippen molar-refractivity contribution in [2.24, 2.45) is 4.99 Å². The summed E-state index contributed by atoms with van der Waals surface area (Å²) in [7, 11) is 0. The Balaban J connectivity index is 1.63. The summed E-state index contributed by atoms with van der Waals surface area (Å²) < 4.78 is 21.3. The molecule has 1 fully saturated rings. The minimum Gasteiger partial charge on any atom is -0.378 e. The maximum atomic E-state index is 13.4. The van der Waals surface area contributed by atoms with Crippen LogP contribution in [0.5, 0.6) is 0 Å². The zero-order valence-electron chi connectivity index (χ0n) is 14.4. The van der Waals surface area contributed by atoms with Gasteiger partial charge in [-0.05, 0) is 25.1 Å². The summed E-state index contributed by atoms with van der Waals surface area (Å²) in [5.74, 6) is -0.183. The lowest BCUT2D eigenvalue weighted by molar-refractivity contribution is -0.132. The maximum Gasteiger partial charge on any atom is 0.258 e. The molecule has 3 rings (SSSR count). The first-order valence-electron chi connectivity index (χ1n) is 8.38. The molecule has 1 aromatic heterocycles. The number of hydrogen-bond donors (Lipinski definition) is 0. The van der Waals surface area contributed by atoms with E-state index in [4.69, 9.17) is 4.74 Å². The van der Waals surface area contributed by atoms with Gasteiger partial charge < -0.3 is 14.2 Å². The first kappa shape index (κ1) is 19.1. The van der Waals surface area contributed by atoms with E-state index >= 15 is 0 Å². The van der Waals surface area contributed by atoms with Crippen LogP contribution < -0.4 is 4.80 Å². The Morgan fingerprint density at radius 1 is 1.31 bits per heavy atom. The number of fused-ring (bicyclic) bond motifs is 1. The molecule has 6 nitrogen and oxygen atoms in total. The average Bonchev–Trinajstić information content (AvgIpc) is 2.98. The molecule has 1 saturated heterocycles. The van der Waals surface area contributed by atoms with Gasteiger partial charge in [0.05, 0.1) is 34.9 Å². The van der Waals surface area contributed by atoms with Gasteiger partial charge in [-0.2, -0.15) is 4.99 Å². The van der Waals surface area contributed by atoms with Crippen LogP contribution in [0, 0.1) is 5.82 Å². The Hall–Kier alpha value is -1.71. The third-order valence-electron chi connectivity index (χ3n) is 4.00. The quantitative estimate of drug-likeness (QED) is 0.773. The van der Waals surface area contributed by atoms with Crippen molar-refractivity contribution < 1.29 is 18.7 Å². The molecule has 0 N–H and O–H groups in total. The van der Waals surface area contributed by atoms with Crippen molar-refractivity contribution in [2.45, 2.75) is 13.5 Å². The van der Waals surface area contributed by atoms with E-state index in [2.05, 4.69) is 4.99 Å². The third-order valence-corrected chi connectivity index (χ3v) is 5.94. The average molecular weight is 397 g/mol. The molecule has 0 aliphatic carbocycles. The fourth-order valence-electron chi connectivity index (χ4n) is 2.71. The number of aromatic nitrogens is 1. The first-order chi connectivity index (χ1) is 12.6. The Labute approximate surface area is 158 Å². The number of halogens is 1. The summed E-state index contributed by atoms with van der Waals surface area (Å²) in [4.78, 5) is 30.7. The molecule has 140 valence electrons. The number of amides is 2. The van der Waals surface area contributed by atoms with Gasteiger partial charge in [0, 0.05) is 19.6 Å². The molecular formula is C17H20FN3O3S2. The van der Waals surface area contributed by atoms with E-state index < -0.39 is 0 Å². The molecule has 2 heterocycles. The van der Waals surface area contributed by atoms with Crippen LogP contribution in [0.2, 0.25) is 0 Å². The largest absolute Gasteiger partial charge is 0.378 e. The topological polar surface area (TPSA) is 63.9 Å². The van der Waals surface area contributed by atoms with Gasteiger partial charge in [-0.3, -0.25) is 9.59 Å². The van der Waals surface area contributed by atoms with Crippen LogP contribution >= 0.6 is 23.1 Å². The normalized spacial score (nSPS) is 15.6. The van der Waals surface area contributed by atoms with Gasteiger partial charge >= 0.3 is 0 Å². The van der Waals surface area contributed by atoms with Crippen LogP contribution in [-0.4, -0.2) is 59.1 Å². The number of aryl methyl sites for hydroxylation is 1. The van der Waals surface area contributed by atoms with Crippen molar-refractivity contribution in [1.29, 1.82) is 0 Å². The number of carbonyl (C=O) groups is 2. The molecule has 1 aromatic carbocycles. The van der Waals surface area contributed by atoms with Gasteiger partial charge in [0.25, 0.3) is 5.91 Å². The second-order valence-corrected chi connectivity index (χ2v) is 7.73. The van der Waals surface area contributed by atoms with Crippen molar-refractivity contribution in [3.05, 3.63) is 28.8 Å². The minimum atomic E-state index is -0.308. The number of carbonyl (C=O) groups excluding carboxylic acids is 2. The van der Waals surface area contributed by atoms with Gasteiger partial charge in [0.1, 0.15) is 5.82 Å². The molecule has 1 aliphatic heterocycles. The maximum absolute atomic E-state index is 13.4. The van der Waals surface area contributed by atoms with Gasteiger partial charge in [-0.25, -0.2) is 4.39 Å². The van der Waals surface area contributed by atoms with Crippen LogP contribution in [0.1, 0.15) is 6.92 Å². The van der Waals surface area contributed by atoms with E-state index in [1.807, 2.05) is 11.5 Å². The lowest BCUT2D eigenvalue weighted by Crippen LogP contribution is -2.41. The highest BCUT2D eigenvalue weighted by atomic mass is 32.2. The van der Waals surface area contributed by atoms with Crippen LogP contribution in [0.25, 0.3) is 10.2 Å². The van der Waals surface area contributed by atoms with Crippen molar-refractivity contribution in [2.75, 3.05) is 37.8 Å². The molecule has 9 heteroatoms. The summed E-state index contributed by atoms with van der Waals surface area (Å²) in [5.41, 5.74) is 0.862. The van der Waals surface area contributed by atoms with Crippen LogP contribution in [0.4, 0.5) is 4.39 Å². The number of benzene rings is 1. The molecule has 2 aromatic rings. The fraction of sp³-hybridized carbons (Fsp3) is 0.471. The Kier molecular flexibility index (Phi) is 6.44. The molecule has 0 spiro atoms. The highest BCUT2D eigenvalue weighted by Crippen LogP contribution is 2.18. The lowest BCUT2D eigenvalue weighted by atomic mass is 10.3. The smallest absolute Gasteiger partial charge is 0.258 e. The molecular weight excluding hydrogens is 377 g/mol. The van der Waals surface area contributed by atoms with E-state index in [0.717, 1.165) is 10.2 Å². The van der Waals surface area contributed by atoms with Gasteiger partial charge in [-0.1, -0.05) is 11.3 Å². The number of nitrogens with zero attached hydrogens (tertiary/aromatic N) is 3. The second-order valence-electron chi connectivity index (χ2n) is 5.73. The molecule has 2 amide bonds. The van der Waals surface area contributed by atoms with Crippen molar-refractivity contribution in [1.82, 2.24) is 9.47 Å². The number of hydrogen-bond acceptors (Lipinski definition) is 5. The van der Waals surface area contributed by atoms with Gasteiger partial charge in [0.15, 0.2) is 4.80 Å². The molecule has 26 heavy (non-hydrogen) atoms. The zero-order chi connectivity index (χ0) is 18.5. The molecule has 0 radical (unpaired) electrons. The standard InChI is InChI=1S/C17H20FN3O3S2/c1-2-21-13-4-3-12(18)9-14(13)26-17(21)19-15(22)10-25-11-16(23)20-5-7-24-8-6-20/h3-4,9H,2,5-8,10-11H2,1H3. The lowest BCUT2D eigenvalue weighted by Gasteiger charge is -2.26. The molecule has 0 unspecified atom stereocenters. The van der Waals surface area contributed by atoms with Crippen LogP contribution in [0.15, 0.2) is 23.2 Å². The predicted octanol–water partition coefficient (Wildman–Crippen LogP) is 1.88. The number of thioether (sulfide) groups is 1. The monoisotopic (exact) mass is 397 g/mol.